The minimum Gasteiger partial charge on any atom is -0.383 e. The standard InChI is InChI=1S/C19H19N5S/c1-12(2)9-24-11-23-16(13-6-4-3-5-7-13)17(24)15-8-14-18(20)21-10-22-19(14)25-15/h3-8,10-12H,9H2,1-2H3,(H2,20,21,22). The van der Waals surface area contributed by atoms with Gasteiger partial charge in [0, 0.05) is 12.1 Å². The van der Waals surface area contributed by atoms with Crippen LogP contribution in [0.3, 0.4) is 0 Å². The van der Waals surface area contributed by atoms with Crippen LogP contribution in [0, 0.1) is 5.92 Å². The summed E-state index contributed by atoms with van der Waals surface area (Å²) in [7, 11) is 0. The Kier molecular flexibility index (Phi) is 3.97. The molecule has 4 rings (SSSR count). The lowest BCUT2D eigenvalue weighted by Crippen LogP contribution is -2.04. The van der Waals surface area contributed by atoms with Gasteiger partial charge in [0.25, 0.3) is 0 Å². The molecule has 0 unspecified atom stereocenters. The fourth-order valence-electron chi connectivity index (χ4n) is 2.97. The number of thiophene rings is 1. The molecule has 0 saturated carbocycles. The van der Waals surface area contributed by atoms with Crippen molar-refractivity contribution < 1.29 is 0 Å². The first-order valence-electron chi connectivity index (χ1n) is 8.24. The van der Waals surface area contributed by atoms with Gasteiger partial charge in [0.2, 0.25) is 0 Å². The zero-order valence-corrected chi connectivity index (χ0v) is 15.0. The Bertz CT molecular complexity index is 1020. The quantitative estimate of drug-likeness (QED) is 0.590. The van der Waals surface area contributed by atoms with Gasteiger partial charge in [0.1, 0.15) is 17.0 Å². The van der Waals surface area contributed by atoms with E-state index in [1.54, 1.807) is 11.3 Å². The van der Waals surface area contributed by atoms with E-state index in [4.69, 9.17) is 10.7 Å². The molecule has 1 aromatic carbocycles. The number of nitrogens with zero attached hydrogens (tertiary/aromatic N) is 4. The summed E-state index contributed by atoms with van der Waals surface area (Å²) in [5.74, 6) is 1.04. The third-order valence-electron chi connectivity index (χ3n) is 4.04. The lowest BCUT2D eigenvalue weighted by molar-refractivity contribution is 0.526. The second-order valence-corrected chi connectivity index (χ2v) is 7.47. The molecule has 0 fully saturated rings. The van der Waals surface area contributed by atoms with Crippen molar-refractivity contribution in [2.45, 2.75) is 20.4 Å². The molecule has 0 bridgehead atoms. The van der Waals surface area contributed by atoms with Crippen molar-refractivity contribution in [3.63, 3.8) is 0 Å². The van der Waals surface area contributed by atoms with Crippen LogP contribution in [0.1, 0.15) is 13.8 Å². The lowest BCUT2D eigenvalue weighted by Gasteiger charge is -2.11. The largest absolute Gasteiger partial charge is 0.383 e. The number of hydrogen-bond donors (Lipinski definition) is 1. The Morgan fingerprint density at radius 3 is 2.64 bits per heavy atom. The number of nitrogens with two attached hydrogens (primary N) is 1. The first kappa shape index (κ1) is 15.8. The van der Waals surface area contributed by atoms with Crippen molar-refractivity contribution in [2.24, 2.45) is 5.92 Å². The van der Waals surface area contributed by atoms with Crippen LogP contribution in [0.2, 0.25) is 0 Å². The third-order valence-corrected chi connectivity index (χ3v) is 5.09. The van der Waals surface area contributed by atoms with E-state index in [1.165, 1.54) is 6.33 Å². The minimum absolute atomic E-state index is 0.517. The van der Waals surface area contributed by atoms with Gasteiger partial charge in [0.15, 0.2) is 0 Å². The maximum atomic E-state index is 6.02. The average molecular weight is 349 g/mol. The normalized spacial score (nSPS) is 11.5. The molecule has 0 aliphatic carbocycles. The van der Waals surface area contributed by atoms with Crippen molar-refractivity contribution in [2.75, 3.05) is 5.73 Å². The van der Waals surface area contributed by atoms with Crippen molar-refractivity contribution in [1.29, 1.82) is 0 Å². The average Bonchev–Trinajstić information content (AvgIpc) is 3.19. The first-order valence-corrected chi connectivity index (χ1v) is 9.06. The SMILES string of the molecule is CC(C)Cn1cnc(-c2ccccc2)c1-c1cc2c(N)ncnc2s1. The van der Waals surface area contributed by atoms with Crippen molar-refractivity contribution in [1.82, 2.24) is 19.5 Å². The predicted molar refractivity (Wildman–Crippen MR) is 103 cm³/mol. The van der Waals surface area contributed by atoms with E-state index >= 15 is 0 Å². The molecule has 4 aromatic rings. The van der Waals surface area contributed by atoms with Crippen LogP contribution >= 0.6 is 11.3 Å². The van der Waals surface area contributed by atoms with Crippen LogP contribution in [0.5, 0.6) is 0 Å². The molecule has 0 radical (unpaired) electrons. The molecule has 126 valence electrons. The summed E-state index contributed by atoms with van der Waals surface area (Å²) in [6, 6.07) is 12.4. The highest BCUT2D eigenvalue weighted by atomic mass is 32.1. The zero-order valence-electron chi connectivity index (χ0n) is 14.2. The lowest BCUT2D eigenvalue weighted by atomic mass is 10.1. The van der Waals surface area contributed by atoms with Gasteiger partial charge in [0.05, 0.1) is 28.0 Å². The summed E-state index contributed by atoms with van der Waals surface area (Å²) >= 11 is 1.63. The summed E-state index contributed by atoms with van der Waals surface area (Å²) in [6.07, 6.45) is 3.44. The zero-order chi connectivity index (χ0) is 17.4. The van der Waals surface area contributed by atoms with Crippen LogP contribution in [-0.2, 0) is 6.54 Å². The minimum atomic E-state index is 0.517. The van der Waals surface area contributed by atoms with Gasteiger partial charge in [-0.25, -0.2) is 15.0 Å². The summed E-state index contributed by atoms with van der Waals surface area (Å²) in [4.78, 5) is 15.2. The summed E-state index contributed by atoms with van der Waals surface area (Å²) in [5, 5.41) is 0.902. The molecule has 3 aromatic heterocycles. The number of nitrogen functional groups attached to an aromatic ring is 1. The predicted octanol–water partition coefficient (Wildman–Crippen LogP) is 4.46. The molecule has 0 aliphatic heterocycles. The number of hydrogen-bond acceptors (Lipinski definition) is 5. The number of rotatable bonds is 4. The molecule has 2 N–H and O–H groups in total. The van der Waals surface area contributed by atoms with Crippen LogP contribution in [-0.4, -0.2) is 19.5 Å². The number of aromatic nitrogens is 4. The van der Waals surface area contributed by atoms with E-state index in [9.17, 15) is 0 Å². The Morgan fingerprint density at radius 1 is 1.12 bits per heavy atom. The fraction of sp³-hybridized carbons (Fsp3) is 0.211. The second kappa shape index (κ2) is 6.29. The van der Waals surface area contributed by atoms with E-state index < -0.39 is 0 Å². The highest BCUT2D eigenvalue weighted by molar-refractivity contribution is 7.21. The highest BCUT2D eigenvalue weighted by Gasteiger charge is 2.19. The maximum absolute atomic E-state index is 6.02. The van der Waals surface area contributed by atoms with Crippen molar-refractivity contribution in [3.05, 3.63) is 49.1 Å². The summed E-state index contributed by atoms with van der Waals surface area (Å²) < 4.78 is 2.22. The number of anilines is 1. The van der Waals surface area contributed by atoms with Crippen molar-refractivity contribution in [3.8, 4) is 21.8 Å². The Morgan fingerprint density at radius 2 is 1.92 bits per heavy atom. The second-order valence-electron chi connectivity index (χ2n) is 6.44. The number of benzene rings is 1. The number of fused-ring (bicyclic) bond motifs is 1. The van der Waals surface area contributed by atoms with Crippen LogP contribution in [0.4, 0.5) is 5.82 Å². The molecule has 5 nitrogen and oxygen atoms in total. The van der Waals surface area contributed by atoms with Gasteiger partial charge in [-0.3, -0.25) is 0 Å². The first-order chi connectivity index (χ1) is 12.1. The van der Waals surface area contributed by atoms with Gasteiger partial charge in [-0.05, 0) is 12.0 Å². The summed E-state index contributed by atoms with van der Waals surface area (Å²) in [5.41, 5.74) is 9.23. The molecule has 0 aliphatic rings. The molecule has 6 heteroatoms. The Labute approximate surface area is 150 Å². The van der Waals surface area contributed by atoms with Gasteiger partial charge in [-0.2, -0.15) is 0 Å². The van der Waals surface area contributed by atoms with Gasteiger partial charge < -0.3 is 10.3 Å². The molecular formula is C19H19N5S. The molecule has 0 saturated heterocycles. The van der Waals surface area contributed by atoms with E-state index in [0.717, 1.165) is 38.6 Å². The molecule has 25 heavy (non-hydrogen) atoms. The summed E-state index contributed by atoms with van der Waals surface area (Å²) in [6.45, 7) is 5.32. The van der Waals surface area contributed by atoms with E-state index in [2.05, 4.69) is 46.6 Å². The van der Waals surface area contributed by atoms with Gasteiger partial charge in [-0.1, -0.05) is 44.2 Å². The molecule has 0 amide bonds. The Hall–Kier alpha value is -2.73. The van der Waals surface area contributed by atoms with E-state index in [1.807, 2.05) is 24.5 Å². The van der Waals surface area contributed by atoms with Crippen LogP contribution < -0.4 is 5.73 Å². The molecule has 3 heterocycles. The molecule has 0 spiro atoms. The van der Waals surface area contributed by atoms with Gasteiger partial charge >= 0.3 is 0 Å². The van der Waals surface area contributed by atoms with E-state index in [0.29, 0.717) is 11.7 Å². The molecule has 0 atom stereocenters. The number of imidazole rings is 1. The van der Waals surface area contributed by atoms with Crippen LogP contribution in [0.25, 0.3) is 32.0 Å². The Balaban J connectivity index is 1.94. The highest BCUT2D eigenvalue weighted by Crippen LogP contribution is 2.39. The maximum Gasteiger partial charge on any atom is 0.135 e. The molecular weight excluding hydrogens is 330 g/mol. The van der Waals surface area contributed by atoms with Crippen LogP contribution in [0.15, 0.2) is 49.1 Å². The monoisotopic (exact) mass is 349 g/mol. The topological polar surface area (TPSA) is 69.6 Å². The van der Waals surface area contributed by atoms with Gasteiger partial charge in [-0.15, -0.1) is 11.3 Å². The van der Waals surface area contributed by atoms with Crippen molar-refractivity contribution >= 4 is 27.4 Å². The fourth-order valence-corrected chi connectivity index (χ4v) is 4.04. The third kappa shape index (κ3) is 2.89. The van der Waals surface area contributed by atoms with E-state index in [-0.39, 0.29) is 0 Å². The smallest absolute Gasteiger partial charge is 0.135 e.